The van der Waals surface area contributed by atoms with Crippen molar-refractivity contribution >= 4 is 38.7 Å². The molecule has 2 fully saturated rings. The minimum atomic E-state index is -4.14. The molecule has 7 nitrogen and oxygen atoms in total. The number of esters is 1. The van der Waals surface area contributed by atoms with Crippen LogP contribution in [-0.4, -0.2) is 37.6 Å². The number of hydrogen-bond acceptors (Lipinski definition) is 8. The highest BCUT2D eigenvalue weighted by Gasteiger charge is 2.59. The third-order valence-electron chi connectivity index (χ3n) is 5.84. The first-order valence-corrected chi connectivity index (χ1v) is 12.0. The Bertz CT molecular complexity index is 910. The normalized spacial score (nSPS) is 25.8. The van der Waals surface area contributed by atoms with Crippen molar-refractivity contribution < 1.29 is 27.0 Å². The fraction of sp³-hybridized carbons (Fsp3) is 0.550. The second-order valence-electron chi connectivity index (χ2n) is 7.90. The lowest BCUT2D eigenvalue weighted by Gasteiger charge is -2.24. The van der Waals surface area contributed by atoms with E-state index in [9.17, 15) is 18.0 Å². The van der Waals surface area contributed by atoms with Crippen molar-refractivity contribution in [3.05, 3.63) is 30.3 Å². The van der Waals surface area contributed by atoms with Crippen molar-refractivity contribution in [3.63, 3.8) is 0 Å². The number of oxime groups is 1. The molecule has 2 saturated carbocycles. The van der Waals surface area contributed by atoms with Gasteiger partial charge in [0.15, 0.2) is 0 Å². The van der Waals surface area contributed by atoms with Crippen molar-refractivity contribution in [2.75, 3.05) is 12.4 Å². The molecule has 0 spiro atoms. The van der Waals surface area contributed by atoms with Crippen LogP contribution < -0.4 is 0 Å². The van der Waals surface area contributed by atoms with Gasteiger partial charge in [-0.1, -0.05) is 49.0 Å². The van der Waals surface area contributed by atoms with E-state index in [-0.39, 0.29) is 34.7 Å². The Morgan fingerprint density at radius 3 is 2.52 bits per heavy atom. The van der Waals surface area contributed by atoms with Gasteiger partial charge in [-0.3, -0.25) is 9.08 Å². The molecule has 0 heterocycles. The number of thioether (sulfide) groups is 1. The first-order chi connectivity index (χ1) is 13.7. The minimum Gasteiger partial charge on any atom is -0.461 e. The van der Waals surface area contributed by atoms with Crippen LogP contribution in [0.1, 0.15) is 33.6 Å². The number of ether oxygens (including phenoxy) is 1. The summed E-state index contributed by atoms with van der Waals surface area (Å²) in [6, 6.07) is 8.89. The van der Waals surface area contributed by atoms with E-state index in [0.29, 0.717) is 4.90 Å². The molecule has 3 unspecified atom stereocenters. The number of rotatable bonds is 6. The second-order valence-corrected chi connectivity index (χ2v) is 10.6. The third-order valence-corrected chi connectivity index (χ3v) is 7.85. The zero-order valence-electron chi connectivity index (χ0n) is 16.7. The van der Waals surface area contributed by atoms with Crippen molar-refractivity contribution in [1.29, 1.82) is 0 Å². The quantitative estimate of drug-likeness (QED) is 0.221. The van der Waals surface area contributed by atoms with Gasteiger partial charge >= 0.3 is 16.1 Å². The largest absolute Gasteiger partial charge is 0.461 e. The molecule has 3 atom stereocenters. The van der Waals surface area contributed by atoms with Crippen LogP contribution in [0, 0.1) is 23.2 Å². The highest BCUT2D eigenvalue weighted by Crippen LogP contribution is 2.58. The predicted octanol–water partition coefficient (Wildman–Crippen LogP) is 3.25. The lowest BCUT2D eigenvalue weighted by atomic mass is 9.80. The fourth-order valence-corrected chi connectivity index (χ4v) is 6.33. The summed E-state index contributed by atoms with van der Waals surface area (Å²) >= 11 is 0.952. The SMILES string of the molecule is CCOC(=O)/C(=N/OS(=O)(=O)CC1C(=O)C2CCC1C2(C)C)Sc1ccccc1. The van der Waals surface area contributed by atoms with Gasteiger partial charge in [0.25, 0.3) is 0 Å². The van der Waals surface area contributed by atoms with Gasteiger partial charge in [0, 0.05) is 16.7 Å². The second kappa shape index (κ2) is 8.47. The van der Waals surface area contributed by atoms with E-state index in [1.54, 1.807) is 31.2 Å². The van der Waals surface area contributed by atoms with E-state index in [4.69, 9.17) is 9.02 Å². The summed E-state index contributed by atoms with van der Waals surface area (Å²) in [5.41, 5.74) is -0.195. The first-order valence-electron chi connectivity index (χ1n) is 9.58. The van der Waals surface area contributed by atoms with Crippen LogP contribution >= 0.6 is 11.8 Å². The van der Waals surface area contributed by atoms with Crippen molar-refractivity contribution in [1.82, 2.24) is 0 Å². The van der Waals surface area contributed by atoms with E-state index < -0.39 is 27.8 Å². The Morgan fingerprint density at radius 2 is 1.93 bits per heavy atom. The van der Waals surface area contributed by atoms with E-state index in [0.717, 1.165) is 24.6 Å². The molecule has 9 heteroatoms. The zero-order chi connectivity index (χ0) is 21.2. The van der Waals surface area contributed by atoms with Gasteiger partial charge in [0.05, 0.1) is 12.4 Å². The zero-order valence-corrected chi connectivity index (χ0v) is 18.3. The number of carbonyl (C=O) groups excluding carboxylic acids is 2. The molecule has 2 aliphatic carbocycles. The molecule has 0 saturated heterocycles. The van der Waals surface area contributed by atoms with Gasteiger partial charge in [-0.2, -0.15) is 8.42 Å². The van der Waals surface area contributed by atoms with Gasteiger partial charge in [-0.25, -0.2) is 4.79 Å². The molecule has 0 aliphatic heterocycles. The van der Waals surface area contributed by atoms with Crippen LogP contribution in [0.3, 0.4) is 0 Å². The van der Waals surface area contributed by atoms with Gasteiger partial charge in [-0.05, 0) is 43.2 Å². The Labute approximate surface area is 175 Å². The molecule has 1 aromatic rings. The van der Waals surface area contributed by atoms with Crippen LogP contribution in [0.15, 0.2) is 40.4 Å². The summed E-state index contributed by atoms with van der Waals surface area (Å²) in [4.78, 5) is 25.4. The highest BCUT2D eigenvalue weighted by atomic mass is 32.2. The molecule has 0 N–H and O–H groups in total. The van der Waals surface area contributed by atoms with E-state index in [2.05, 4.69) is 5.16 Å². The van der Waals surface area contributed by atoms with E-state index >= 15 is 0 Å². The molecule has 0 radical (unpaired) electrons. The average molecular weight is 440 g/mol. The molecule has 158 valence electrons. The number of hydrogen-bond donors (Lipinski definition) is 0. The Hall–Kier alpha value is -1.87. The van der Waals surface area contributed by atoms with Crippen molar-refractivity contribution in [3.8, 4) is 0 Å². The summed E-state index contributed by atoms with van der Waals surface area (Å²) in [5.74, 6) is -1.87. The fourth-order valence-electron chi connectivity index (χ4n) is 4.46. The summed E-state index contributed by atoms with van der Waals surface area (Å²) in [7, 11) is -4.14. The van der Waals surface area contributed by atoms with Crippen molar-refractivity contribution in [2.24, 2.45) is 28.3 Å². The lowest BCUT2D eigenvalue weighted by Crippen LogP contribution is -2.30. The van der Waals surface area contributed by atoms with Crippen molar-refractivity contribution in [2.45, 2.75) is 38.5 Å². The molecular weight excluding hydrogens is 414 g/mol. The van der Waals surface area contributed by atoms with Crippen LogP contribution in [0.2, 0.25) is 0 Å². The Morgan fingerprint density at radius 1 is 1.24 bits per heavy atom. The molecule has 0 aromatic heterocycles. The molecule has 29 heavy (non-hydrogen) atoms. The molecule has 2 aliphatic rings. The van der Waals surface area contributed by atoms with E-state index in [1.807, 2.05) is 19.9 Å². The molecular formula is C20H25NO6S2. The number of benzene rings is 1. The minimum absolute atomic E-state index is 0.00770. The summed E-state index contributed by atoms with van der Waals surface area (Å²) in [6.07, 6.45) is 1.65. The third kappa shape index (κ3) is 4.66. The van der Waals surface area contributed by atoms with Gasteiger partial charge in [0.1, 0.15) is 5.78 Å². The molecule has 0 amide bonds. The van der Waals surface area contributed by atoms with Crippen LogP contribution in [0.4, 0.5) is 0 Å². The molecule has 3 rings (SSSR count). The summed E-state index contributed by atoms with van der Waals surface area (Å²) < 4.78 is 34.8. The first kappa shape index (κ1) is 21.8. The molecule has 2 bridgehead atoms. The monoisotopic (exact) mass is 439 g/mol. The maximum Gasteiger partial charge on any atom is 0.367 e. The van der Waals surface area contributed by atoms with Gasteiger partial charge < -0.3 is 4.74 Å². The smallest absolute Gasteiger partial charge is 0.367 e. The number of carbonyl (C=O) groups is 2. The van der Waals surface area contributed by atoms with Gasteiger partial charge in [0.2, 0.25) is 5.04 Å². The maximum absolute atomic E-state index is 12.6. The standard InChI is InChI=1S/C20H25NO6S2/c1-4-26-19(23)18(28-13-8-6-5-7-9-13)21-27-29(24,25)12-14-15-10-11-16(17(14)22)20(15,2)3/h5-9,14-16H,4,10-12H2,1-3H3/b21-18-. The Kier molecular flexibility index (Phi) is 6.38. The average Bonchev–Trinajstić information content (AvgIpc) is 3.05. The number of ketones is 1. The van der Waals surface area contributed by atoms with Crippen LogP contribution in [0.5, 0.6) is 0 Å². The maximum atomic E-state index is 12.6. The topological polar surface area (TPSA) is 99.1 Å². The molecule has 1 aromatic carbocycles. The van der Waals surface area contributed by atoms with E-state index in [1.165, 1.54) is 0 Å². The van der Waals surface area contributed by atoms with Gasteiger partial charge in [-0.15, -0.1) is 0 Å². The Balaban J connectivity index is 1.73. The number of fused-ring (bicyclic) bond motifs is 2. The predicted molar refractivity (Wildman–Crippen MR) is 110 cm³/mol. The van der Waals surface area contributed by atoms with Crippen LogP contribution in [0.25, 0.3) is 0 Å². The summed E-state index contributed by atoms with van der Waals surface area (Å²) in [5, 5.41) is 3.36. The summed E-state index contributed by atoms with van der Waals surface area (Å²) in [6.45, 7) is 5.81. The number of Topliss-reactive ketones (excluding diaryl/α,β-unsaturated/α-hetero) is 1. The van der Waals surface area contributed by atoms with Crippen LogP contribution in [-0.2, 0) is 28.7 Å². The number of nitrogens with zero attached hydrogens (tertiary/aromatic N) is 1. The lowest BCUT2D eigenvalue weighted by molar-refractivity contribution is -0.134. The highest BCUT2D eigenvalue weighted by molar-refractivity contribution is 8.15.